The van der Waals surface area contributed by atoms with E-state index in [2.05, 4.69) is 11.2 Å². The molecule has 6 heteroatoms. The summed E-state index contributed by atoms with van der Waals surface area (Å²) >= 11 is 0. The number of aryl methyl sites for hydroxylation is 2. The number of carbonyl (C=O) groups excluding carboxylic acids is 1. The Morgan fingerprint density at radius 2 is 1.86 bits per heavy atom. The normalized spacial score (nSPS) is 13.2. The highest BCUT2D eigenvalue weighted by atomic mass is 16.5. The van der Waals surface area contributed by atoms with Crippen molar-refractivity contribution in [2.45, 2.75) is 26.8 Å². The summed E-state index contributed by atoms with van der Waals surface area (Å²) in [6.45, 7) is 5.09. The molecule has 0 spiro atoms. The van der Waals surface area contributed by atoms with Gasteiger partial charge in [-0.2, -0.15) is 5.10 Å². The number of methoxy groups -OCH3 is 2. The van der Waals surface area contributed by atoms with Gasteiger partial charge in [-0.15, -0.1) is 0 Å². The van der Waals surface area contributed by atoms with Crippen LogP contribution in [-0.4, -0.2) is 41.4 Å². The molecule has 0 saturated heterocycles. The molecule has 2 heterocycles. The molecule has 0 radical (unpaired) electrons. The maximum atomic E-state index is 13.5. The van der Waals surface area contributed by atoms with E-state index in [-0.39, 0.29) is 5.91 Å². The van der Waals surface area contributed by atoms with Crippen molar-refractivity contribution >= 4 is 5.91 Å². The number of amides is 1. The second kappa shape index (κ2) is 7.62. The van der Waals surface area contributed by atoms with Gasteiger partial charge in [0.1, 0.15) is 0 Å². The maximum Gasteiger partial charge on any atom is 0.256 e. The van der Waals surface area contributed by atoms with Crippen LogP contribution in [0.4, 0.5) is 0 Å². The number of benzene rings is 2. The summed E-state index contributed by atoms with van der Waals surface area (Å²) in [6, 6.07) is 13.6. The topological polar surface area (TPSA) is 56.6 Å². The van der Waals surface area contributed by atoms with Gasteiger partial charge >= 0.3 is 0 Å². The summed E-state index contributed by atoms with van der Waals surface area (Å²) in [5.74, 6) is 1.38. The Morgan fingerprint density at radius 3 is 2.55 bits per heavy atom. The molecule has 0 N–H and O–H groups in total. The lowest BCUT2D eigenvalue weighted by Crippen LogP contribution is -2.36. The lowest BCUT2D eigenvalue weighted by atomic mass is 9.97. The predicted molar refractivity (Wildman–Crippen MR) is 111 cm³/mol. The average molecular weight is 391 g/mol. The first-order chi connectivity index (χ1) is 14.0. The van der Waals surface area contributed by atoms with Crippen molar-refractivity contribution in [3.63, 3.8) is 0 Å². The van der Waals surface area contributed by atoms with Gasteiger partial charge in [0.05, 0.1) is 37.7 Å². The van der Waals surface area contributed by atoms with E-state index in [9.17, 15) is 4.79 Å². The van der Waals surface area contributed by atoms with Gasteiger partial charge in [0, 0.05) is 17.8 Å². The van der Waals surface area contributed by atoms with Crippen LogP contribution in [0.2, 0.25) is 0 Å². The first-order valence-corrected chi connectivity index (χ1v) is 9.68. The van der Waals surface area contributed by atoms with Crippen molar-refractivity contribution in [3.05, 3.63) is 70.5 Å². The zero-order valence-corrected chi connectivity index (χ0v) is 17.2. The van der Waals surface area contributed by atoms with Gasteiger partial charge in [-0.1, -0.05) is 18.2 Å². The van der Waals surface area contributed by atoms with E-state index in [1.165, 1.54) is 5.56 Å². The number of hydrogen-bond acceptors (Lipinski definition) is 4. The van der Waals surface area contributed by atoms with E-state index >= 15 is 0 Å². The van der Waals surface area contributed by atoms with Gasteiger partial charge in [0.25, 0.3) is 5.91 Å². The third kappa shape index (κ3) is 3.35. The molecule has 0 unspecified atom stereocenters. The molecule has 150 valence electrons. The van der Waals surface area contributed by atoms with Crippen LogP contribution in [0.5, 0.6) is 11.5 Å². The van der Waals surface area contributed by atoms with E-state index in [0.29, 0.717) is 30.2 Å². The highest BCUT2D eigenvalue weighted by Crippen LogP contribution is 2.37. The molecule has 6 nitrogen and oxygen atoms in total. The minimum Gasteiger partial charge on any atom is -0.493 e. The lowest BCUT2D eigenvalue weighted by molar-refractivity contribution is 0.0732. The Kier molecular flexibility index (Phi) is 5.01. The van der Waals surface area contributed by atoms with Crippen molar-refractivity contribution < 1.29 is 14.3 Å². The van der Waals surface area contributed by atoms with Crippen molar-refractivity contribution in [3.8, 4) is 17.2 Å². The third-order valence-electron chi connectivity index (χ3n) is 5.40. The molecule has 0 aliphatic carbocycles. The van der Waals surface area contributed by atoms with E-state index in [1.807, 2.05) is 59.8 Å². The fourth-order valence-electron chi connectivity index (χ4n) is 4.02. The van der Waals surface area contributed by atoms with Crippen molar-refractivity contribution in [1.29, 1.82) is 0 Å². The summed E-state index contributed by atoms with van der Waals surface area (Å²) in [6.07, 6.45) is 0.781. The van der Waals surface area contributed by atoms with Gasteiger partial charge < -0.3 is 14.4 Å². The average Bonchev–Trinajstić information content (AvgIpc) is 3.09. The second-order valence-corrected chi connectivity index (χ2v) is 7.27. The standard InChI is InChI=1S/C23H25N3O3/c1-15-13-16(2)26(24-15)20-8-6-5-7-18(20)23(27)25-12-11-17-9-10-21(28-3)22(29-4)19(17)14-25/h5-10,13H,11-12,14H2,1-4H3. The van der Waals surface area contributed by atoms with Crippen LogP contribution in [0.15, 0.2) is 42.5 Å². The van der Waals surface area contributed by atoms with E-state index in [1.54, 1.807) is 14.2 Å². The number of aromatic nitrogens is 2. The van der Waals surface area contributed by atoms with Gasteiger partial charge in [0.2, 0.25) is 0 Å². The number of rotatable bonds is 4. The largest absolute Gasteiger partial charge is 0.493 e. The lowest BCUT2D eigenvalue weighted by Gasteiger charge is -2.31. The molecule has 3 aromatic rings. The Bertz CT molecular complexity index is 1070. The molecular weight excluding hydrogens is 366 g/mol. The molecule has 4 rings (SSSR count). The number of carbonyl (C=O) groups is 1. The summed E-state index contributed by atoms with van der Waals surface area (Å²) in [4.78, 5) is 15.4. The van der Waals surface area contributed by atoms with E-state index < -0.39 is 0 Å². The molecule has 2 aromatic carbocycles. The number of fused-ring (bicyclic) bond motifs is 1. The monoisotopic (exact) mass is 391 g/mol. The summed E-state index contributed by atoms with van der Waals surface area (Å²) < 4.78 is 12.9. The molecule has 1 aliphatic heterocycles. The van der Waals surface area contributed by atoms with Gasteiger partial charge in [0.15, 0.2) is 11.5 Å². The quantitative estimate of drug-likeness (QED) is 0.680. The molecule has 29 heavy (non-hydrogen) atoms. The smallest absolute Gasteiger partial charge is 0.256 e. The van der Waals surface area contributed by atoms with E-state index in [0.717, 1.165) is 29.1 Å². The minimum absolute atomic E-state index is 0.0105. The SMILES string of the molecule is COc1ccc2c(c1OC)CN(C(=O)c1ccccc1-n1nc(C)cc1C)CC2. The number of hydrogen-bond donors (Lipinski definition) is 0. The van der Waals surface area contributed by atoms with Crippen LogP contribution in [0.3, 0.4) is 0 Å². The molecular formula is C23H25N3O3. The maximum absolute atomic E-state index is 13.5. The highest BCUT2D eigenvalue weighted by Gasteiger charge is 2.27. The van der Waals surface area contributed by atoms with E-state index in [4.69, 9.17) is 9.47 Å². The molecule has 1 aromatic heterocycles. The zero-order valence-electron chi connectivity index (χ0n) is 17.2. The van der Waals surface area contributed by atoms with Crippen LogP contribution in [0.1, 0.15) is 32.9 Å². The van der Waals surface area contributed by atoms with Crippen LogP contribution >= 0.6 is 0 Å². The van der Waals surface area contributed by atoms with Gasteiger partial charge in [-0.25, -0.2) is 4.68 Å². The van der Waals surface area contributed by atoms with Crippen LogP contribution in [0.25, 0.3) is 5.69 Å². The Morgan fingerprint density at radius 1 is 1.07 bits per heavy atom. The van der Waals surface area contributed by atoms with Crippen LogP contribution in [0, 0.1) is 13.8 Å². The predicted octanol–water partition coefficient (Wildman–Crippen LogP) is 3.70. The molecule has 0 atom stereocenters. The van der Waals surface area contributed by atoms with Gasteiger partial charge in [-0.05, 0) is 50.1 Å². The summed E-state index contributed by atoms with van der Waals surface area (Å²) in [5, 5.41) is 4.56. The van der Waals surface area contributed by atoms with Crippen LogP contribution in [-0.2, 0) is 13.0 Å². The highest BCUT2D eigenvalue weighted by molar-refractivity contribution is 5.98. The Labute approximate surface area is 170 Å². The van der Waals surface area contributed by atoms with Crippen molar-refractivity contribution in [1.82, 2.24) is 14.7 Å². The Balaban J connectivity index is 1.70. The molecule has 1 amide bonds. The Hall–Kier alpha value is -3.28. The van der Waals surface area contributed by atoms with Crippen molar-refractivity contribution in [2.24, 2.45) is 0 Å². The van der Waals surface area contributed by atoms with Gasteiger partial charge in [-0.3, -0.25) is 4.79 Å². The first-order valence-electron chi connectivity index (χ1n) is 9.68. The number of para-hydroxylation sites is 1. The zero-order chi connectivity index (χ0) is 20.5. The summed E-state index contributed by atoms with van der Waals surface area (Å²) in [7, 11) is 3.26. The second-order valence-electron chi connectivity index (χ2n) is 7.27. The molecule has 1 aliphatic rings. The molecule has 0 saturated carbocycles. The summed E-state index contributed by atoms with van der Waals surface area (Å²) in [5.41, 5.74) is 5.57. The van der Waals surface area contributed by atoms with Crippen LogP contribution < -0.4 is 9.47 Å². The minimum atomic E-state index is -0.0105. The fraction of sp³-hybridized carbons (Fsp3) is 0.304. The first kappa shape index (κ1) is 19.1. The number of nitrogens with zero attached hydrogens (tertiary/aromatic N) is 3. The third-order valence-corrected chi connectivity index (χ3v) is 5.40. The number of ether oxygens (including phenoxy) is 2. The van der Waals surface area contributed by atoms with Crippen molar-refractivity contribution in [2.75, 3.05) is 20.8 Å². The molecule has 0 fully saturated rings. The fourth-order valence-corrected chi connectivity index (χ4v) is 4.02. The molecule has 0 bridgehead atoms.